The smallest absolute Gasteiger partial charge is 0.342 e. The SMILES string of the molecule is CCOC(=O)c1c(C)nc2cccc(OCC(C)(C)NC(=O)c3ccc4c(c3)OCCO4)c2c1N. The van der Waals surface area contributed by atoms with E-state index in [1.165, 1.54) is 0 Å². The van der Waals surface area contributed by atoms with Crippen molar-refractivity contribution in [1.29, 1.82) is 0 Å². The summed E-state index contributed by atoms with van der Waals surface area (Å²) in [6.45, 7) is 8.44. The number of nitrogens with zero attached hydrogens (tertiary/aromatic N) is 1. The van der Waals surface area contributed by atoms with E-state index in [1.807, 2.05) is 13.8 Å². The summed E-state index contributed by atoms with van der Waals surface area (Å²) in [6.07, 6.45) is 0. The Morgan fingerprint density at radius 2 is 1.89 bits per heavy atom. The van der Waals surface area contributed by atoms with Crippen LogP contribution in [0.4, 0.5) is 5.69 Å². The van der Waals surface area contributed by atoms with Crippen molar-refractivity contribution in [1.82, 2.24) is 10.3 Å². The van der Waals surface area contributed by atoms with Crippen LogP contribution in [0.5, 0.6) is 17.2 Å². The van der Waals surface area contributed by atoms with Crippen LogP contribution in [0.15, 0.2) is 36.4 Å². The molecule has 1 aliphatic heterocycles. The van der Waals surface area contributed by atoms with Crippen molar-refractivity contribution in [3.05, 3.63) is 53.2 Å². The molecule has 9 heteroatoms. The average molecular weight is 480 g/mol. The van der Waals surface area contributed by atoms with Crippen LogP contribution >= 0.6 is 0 Å². The fraction of sp³-hybridized carbons (Fsp3) is 0.346. The molecule has 0 unspecified atom stereocenters. The number of anilines is 1. The lowest BCUT2D eigenvalue weighted by atomic mass is 10.0. The van der Waals surface area contributed by atoms with Crippen LogP contribution in [-0.4, -0.2) is 48.8 Å². The van der Waals surface area contributed by atoms with Crippen molar-refractivity contribution in [3.63, 3.8) is 0 Å². The van der Waals surface area contributed by atoms with Gasteiger partial charge in [0.25, 0.3) is 5.91 Å². The molecule has 0 saturated carbocycles. The van der Waals surface area contributed by atoms with Crippen LogP contribution < -0.4 is 25.3 Å². The maximum absolute atomic E-state index is 12.9. The van der Waals surface area contributed by atoms with Crippen LogP contribution in [-0.2, 0) is 4.74 Å². The van der Waals surface area contributed by atoms with E-state index in [0.717, 1.165) is 0 Å². The summed E-state index contributed by atoms with van der Waals surface area (Å²) in [5.41, 5.74) is 7.67. The first kappa shape index (κ1) is 24.1. The van der Waals surface area contributed by atoms with Gasteiger partial charge in [-0.05, 0) is 58.0 Å². The monoisotopic (exact) mass is 479 g/mol. The molecule has 9 nitrogen and oxygen atoms in total. The van der Waals surface area contributed by atoms with Crippen molar-refractivity contribution < 1.29 is 28.5 Å². The minimum atomic E-state index is -0.733. The number of aryl methyl sites for hydroxylation is 1. The minimum Gasteiger partial charge on any atom is -0.490 e. The molecule has 0 spiro atoms. The zero-order valence-electron chi connectivity index (χ0n) is 20.3. The molecule has 1 amide bonds. The second-order valence-electron chi connectivity index (χ2n) is 8.84. The largest absolute Gasteiger partial charge is 0.490 e. The number of aromatic nitrogens is 1. The number of fused-ring (bicyclic) bond motifs is 2. The molecular formula is C26H29N3O6. The third-order valence-electron chi connectivity index (χ3n) is 5.52. The van der Waals surface area contributed by atoms with Gasteiger partial charge in [0.05, 0.1) is 34.4 Å². The number of nitrogen functional groups attached to an aromatic ring is 1. The number of hydrogen-bond donors (Lipinski definition) is 2. The molecule has 3 N–H and O–H groups in total. The Labute approximate surface area is 203 Å². The Kier molecular flexibility index (Phi) is 6.68. The number of esters is 1. The number of rotatable bonds is 7. The topological polar surface area (TPSA) is 122 Å². The van der Waals surface area contributed by atoms with Gasteiger partial charge >= 0.3 is 5.97 Å². The van der Waals surface area contributed by atoms with Gasteiger partial charge in [-0.25, -0.2) is 4.79 Å². The normalized spacial score (nSPS) is 12.8. The van der Waals surface area contributed by atoms with Crippen LogP contribution in [0.3, 0.4) is 0 Å². The molecule has 35 heavy (non-hydrogen) atoms. The van der Waals surface area contributed by atoms with Crippen molar-refractivity contribution in [3.8, 4) is 17.2 Å². The fourth-order valence-electron chi connectivity index (χ4n) is 3.88. The van der Waals surface area contributed by atoms with Crippen LogP contribution in [0.2, 0.25) is 0 Å². The number of carbonyl (C=O) groups is 2. The summed E-state index contributed by atoms with van der Waals surface area (Å²) in [4.78, 5) is 29.9. The van der Waals surface area contributed by atoms with Gasteiger partial charge in [-0.1, -0.05) is 6.07 Å². The molecule has 0 radical (unpaired) electrons. The molecule has 3 aromatic rings. The van der Waals surface area contributed by atoms with E-state index >= 15 is 0 Å². The highest BCUT2D eigenvalue weighted by molar-refractivity contribution is 6.07. The van der Waals surface area contributed by atoms with Gasteiger partial charge < -0.3 is 30.0 Å². The van der Waals surface area contributed by atoms with Crippen molar-refractivity contribution >= 4 is 28.5 Å². The summed E-state index contributed by atoms with van der Waals surface area (Å²) in [5, 5.41) is 3.51. The predicted octanol–water partition coefficient (Wildman–Crippen LogP) is 3.66. The van der Waals surface area contributed by atoms with E-state index < -0.39 is 11.5 Å². The molecule has 0 bridgehead atoms. The van der Waals surface area contributed by atoms with Crippen LogP contribution in [0.1, 0.15) is 47.2 Å². The van der Waals surface area contributed by atoms with Gasteiger partial charge in [0.1, 0.15) is 31.1 Å². The minimum absolute atomic E-state index is 0.143. The van der Waals surface area contributed by atoms with Gasteiger partial charge in [0.2, 0.25) is 0 Å². The van der Waals surface area contributed by atoms with E-state index in [-0.39, 0.29) is 30.4 Å². The zero-order chi connectivity index (χ0) is 25.2. The lowest BCUT2D eigenvalue weighted by Crippen LogP contribution is -2.47. The number of hydrogen-bond acceptors (Lipinski definition) is 8. The van der Waals surface area contributed by atoms with E-state index in [1.54, 1.807) is 50.2 Å². The first-order valence-corrected chi connectivity index (χ1v) is 11.4. The first-order chi connectivity index (χ1) is 16.7. The number of nitrogens with one attached hydrogen (secondary N) is 1. The van der Waals surface area contributed by atoms with Gasteiger partial charge in [-0.15, -0.1) is 0 Å². The van der Waals surface area contributed by atoms with Gasteiger partial charge in [-0.3, -0.25) is 9.78 Å². The fourth-order valence-corrected chi connectivity index (χ4v) is 3.88. The molecule has 0 aliphatic carbocycles. The molecule has 2 aromatic carbocycles. The Morgan fingerprint density at radius 1 is 1.14 bits per heavy atom. The van der Waals surface area contributed by atoms with Crippen molar-refractivity contribution in [2.45, 2.75) is 33.2 Å². The lowest BCUT2D eigenvalue weighted by Gasteiger charge is -2.27. The summed E-state index contributed by atoms with van der Waals surface area (Å²) < 4.78 is 22.3. The molecule has 184 valence electrons. The van der Waals surface area contributed by atoms with Gasteiger partial charge in [0.15, 0.2) is 11.5 Å². The van der Waals surface area contributed by atoms with Crippen molar-refractivity contribution in [2.75, 3.05) is 32.2 Å². The highest BCUT2D eigenvalue weighted by Gasteiger charge is 2.25. The molecule has 1 aromatic heterocycles. The third-order valence-corrected chi connectivity index (χ3v) is 5.52. The zero-order valence-corrected chi connectivity index (χ0v) is 20.3. The lowest BCUT2D eigenvalue weighted by molar-refractivity contribution is 0.0526. The summed E-state index contributed by atoms with van der Waals surface area (Å²) >= 11 is 0. The highest BCUT2D eigenvalue weighted by Crippen LogP contribution is 2.34. The number of carbonyl (C=O) groups excluding carboxylic acids is 2. The van der Waals surface area contributed by atoms with E-state index in [2.05, 4.69) is 10.3 Å². The Morgan fingerprint density at radius 3 is 2.63 bits per heavy atom. The van der Waals surface area contributed by atoms with Crippen LogP contribution in [0, 0.1) is 6.92 Å². The molecule has 0 atom stereocenters. The summed E-state index contributed by atoms with van der Waals surface area (Å²) in [6, 6.07) is 10.4. The Hall–Kier alpha value is -4.01. The molecule has 4 rings (SSSR count). The van der Waals surface area contributed by atoms with E-state index in [9.17, 15) is 9.59 Å². The van der Waals surface area contributed by atoms with E-state index in [0.29, 0.717) is 52.6 Å². The first-order valence-electron chi connectivity index (χ1n) is 11.4. The molecule has 0 saturated heterocycles. The number of amides is 1. The summed E-state index contributed by atoms with van der Waals surface area (Å²) in [5.74, 6) is 0.827. The number of benzene rings is 2. The van der Waals surface area contributed by atoms with Crippen LogP contribution in [0.25, 0.3) is 10.9 Å². The Balaban J connectivity index is 1.53. The number of nitrogens with two attached hydrogens (primary N) is 1. The second kappa shape index (κ2) is 9.69. The van der Waals surface area contributed by atoms with Crippen molar-refractivity contribution in [2.24, 2.45) is 0 Å². The number of pyridine rings is 1. The predicted molar refractivity (Wildman–Crippen MR) is 131 cm³/mol. The number of ether oxygens (including phenoxy) is 4. The quantitative estimate of drug-likeness (QED) is 0.493. The highest BCUT2D eigenvalue weighted by atomic mass is 16.6. The molecule has 0 fully saturated rings. The molecule has 2 heterocycles. The maximum Gasteiger partial charge on any atom is 0.342 e. The maximum atomic E-state index is 12.9. The second-order valence-corrected chi connectivity index (χ2v) is 8.84. The standard InChI is InChI=1S/C26H29N3O6/c1-5-32-25(31)21-15(2)28-17-7-6-8-19(22(17)23(21)27)35-14-26(3,4)29-24(30)16-9-10-18-20(13-16)34-12-11-33-18/h6-10,13H,5,11-12,14H2,1-4H3,(H2,27,28)(H,29,30). The summed E-state index contributed by atoms with van der Waals surface area (Å²) in [7, 11) is 0. The molecule has 1 aliphatic rings. The van der Waals surface area contributed by atoms with E-state index in [4.69, 9.17) is 24.7 Å². The third kappa shape index (κ3) is 5.08. The molecular weight excluding hydrogens is 450 g/mol. The van der Waals surface area contributed by atoms with Gasteiger partial charge in [-0.2, -0.15) is 0 Å². The average Bonchev–Trinajstić information content (AvgIpc) is 2.82. The Bertz CT molecular complexity index is 1290. The van der Waals surface area contributed by atoms with Gasteiger partial charge in [0, 0.05) is 5.56 Å².